The molecule has 98 valence electrons. The van der Waals surface area contributed by atoms with E-state index in [1.807, 2.05) is 13.8 Å². The number of rotatable bonds is 3. The molecule has 0 radical (unpaired) electrons. The third kappa shape index (κ3) is 2.62. The molecule has 17 heavy (non-hydrogen) atoms. The topological polar surface area (TPSA) is 20.3 Å². The molecule has 2 fully saturated rings. The highest BCUT2D eigenvalue weighted by atomic mass is 35.5. The number of halogens is 1. The lowest BCUT2D eigenvalue weighted by Crippen LogP contribution is -2.46. The summed E-state index contributed by atoms with van der Waals surface area (Å²) in [6, 6.07) is 0.507. The van der Waals surface area contributed by atoms with Crippen LogP contribution in [0.15, 0.2) is 0 Å². The number of hydrogen-bond donors (Lipinski definition) is 0. The smallest absolute Gasteiger partial charge is 0.229 e. The van der Waals surface area contributed by atoms with Crippen molar-refractivity contribution in [3.8, 4) is 0 Å². The molecule has 1 amide bonds. The van der Waals surface area contributed by atoms with Gasteiger partial charge >= 0.3 is 0 Å². The number of nitrogens with zero attached hydrogens (tertiary/aromatic N) is 1. The molecule has 0 aromatic heterocycles. The molecule has 0 bridgehead atoms. The lowest BCUT2D eigenvalue weighted by Gasteiger charge is -2.34. The van der Waals surface area contributed by atoms with Crippen molar-refractivity contribution in [3.05, 3.63) is 0 Å². The Morgan fingerprint density at radius 3 is 2.47 bits per heavy atom. The van der Waals surface area contributed by atoms with E-state index < -0.39 is 5.41 Å². The van der Waals surface area contributed by atoms with Gasteiger partial charge in [-0.2, -0.15) is 0 Å². The Morgan fingerprint density at radius 2 is 1.88 bits per heavy atom. The highest BCUT2D eigenvalue weighted by Crippen LogP contribution is 2.37. The van der Waals surface area contributed by atoms with Crippen LogP contribution in [0.2, 0.25) is 0 Å². The quantitative estimate of drug-likeness (QED) is 0.710. The Kier molecular flexibility index (Phi) is 4.02. The summed E-state index contributed by atoms with van der Waals surface area (Å²) in [5.74, 6) is 1.44. The Bertz CT molecular complexity index is 284. The summed E-state index contributed by atoms with van der Waals surface area (Å²) in [5, 5.41) is 0. The Labute approximate surface area is 110 Å². The van der Waals surface area contributed by atoms with Crippen LogP contribution in [0.5, 0.6) is 0 Å². The Balaban J connectivity index is 2.06. The minimum Gasteiger partial charge on any atom is -0.339 e. The summed E-state index contributed by atoms with van der Waals surface area (Å²) in [6.45, 7) is 4.87. The Morgan fingerprint density at radius 1 is 1.24 bits per heavy atom. The highest BCUT2D eigenvalue weighted by Gasteiger charge is 2.40. The Hall–Kier alpha value is -0.240. The number of likely N-dealkylation sites (tertiary alicyclic amines) is 1. The molecule has 2 rings (SSSR count). The lowest BCUT2D eigenvalue weighted by molar-refractivity contribution is -0.141. The highest BCUT2D eigenvalue weighted by molar-refractivity contribution is 6.19. The summed E-state index contributed by atoms with van der Waals surface area (Å²) in [4.78, 5) is 14.6. The van der Waals surface area contributed by atoms with Crippen LogP contribution >= 0.6 is 11.6 Å². The number of amides is 1. The van der Waals surface area contributed by atoms with E-state index in [9.17, 15) is 4.79 Å². The first-order chi connectivity index (χ1) is 8.06. The number of alkyl halides is 1. The van der Waals surface area contributed by atoms with Crippen molar-refractivity contribution in [1.82, 2.24) is 4.90 Å². The molecular formula is C14H24ClNO. The molecule has 0 N–H and O–H groups in total. The van der Waals surface area contributed by atoms with Crippen LogP contribution in [0.25, 0.3) is 0 Å². The van der Waals surface area contributed by atoms with E-state index in [4.69, 9.17) is 11.6 Å². The monoisotopic (exact) mass is 257 g/mol. The van der Waals surface area contributed by atoms with E-state index >= 15 is 0 Å². The SMILES string of the molecule is CC(C)(CCl)C(=O)N1CCCC1C1CCCC1. The van der Waals surface area contributed by atoms with Crippen molar-refractivity contribution in [2.24, 2.45) is 11.3 Å². The zero-order chi connectivity index (χ0) is 12.5. The van der Waals surface area contributed by atoms with Crippen LogP contribution in [0, 0.1) is 11.3 Å². The number of hydrogen-bond acceptors (Lipinski definition) is 1. The maximum atomic E-state index is 12.5. The second-order valence-corrected chi connectivity index (χ2v) is 6.54. The van der Waals surface area contributed by atoms with Crippen LogP contribution in [-0.2, 0) is 4.79 Å². The predicted octanol–water partition coefficient (Wildman–Crippen LogP) is 3.43. The van der Waals surface area contributed by atoms with E-state index in [1.54, 1.807) is 0 Å². The van der Waals surface area contributed by atoms with Crippen molar-refractivity contribution in [2.75, 3.05) is 12.4 Å². The van der Waals surface area contributed by atoms with Gasteiger partial charge in [-0.3, -0.25) is 4.79 Å². The first-order valence-corrected chi connectivity index (χ1v) is 7.47. The van der Waals surface area contributed by atoms with E-state index in [0.717, 1.165) is 12.5 Å². The van der Waals surface area contributed by atoms with Crippen molar-refractivity contribution in [2.45, 2.75) is 58.4 Å². The number of carbonyl (C=O) groups is 1. The van der Waals surface area contributed by atoms with Crippen molar-refractivity contribution < 1.29 is 4.79 Å². The molecule has 1 atom stereocenters. The maximum Gasteiger partial charge on any atom is 0.229 e. The fourth-order valence-electron chi connectivity index (χ4n) is 3.32. The summed E-state index contributed by atoms with van der Waals surface area (Å²) < 4.78 is 0. The average Bonchev–Trinajstić information content (AvgIpc) is 2.97. The second kappa shape index (κ2) is 5.17. The second-order valence-electron chi connectivity index (χ2n) is 6.27. The molecular weight excluding hydrogens is 234 g/mol. The molecule has 1 saturated heterocycles. The predicted molar refractivity (Wildman–Crippen MR) is 71.2 cm³/mol. The average molecular weight is 258 g/mol. The molecule has 0 aromatic carbocycles. The minimum absolute atomic E-state index is 0.266. The van der Waals surface area contributed by atoms with Gasteiger partial charge in [-0.15, -0.1) is 11.6 Å². The standard InChI is InChI=1S/C14H24ClNO/c1-14(2,10-15)13(17)16-9-5-8-12(16)11-6-3-4-7-11/h11-12H,3-10H2,1-2H3. The first kappa shape index (κ1) is 13.2. The molecule has 1 aliphatic carbocycles. The molecule has 1 unspecified atom stereocenters. The van der Waals surface area contributed by atoms with Gasteiger partial charge < -0.3 is 4.90 Å². The van der Waals surface area contributed by atoms with Gasteiger partial charge in [0.05, 0.1) is 5.41 Å². The van der Waals surface area contributed by atoms with Gasteiger partial charge in [-0.25, -0.2) is 0 Å². The summed E-state index contributed by atoms with van der Waals surface area (Å²) in [7, 11) is 0. The third-order valence-corrected chi connectivity index (χ3v) is 5.09. The molecule has 1 heterocycles. The van der Waals surface area contributed by atoms with Gasteiger partial charge in [0.2, 0.25) is 5.91 Å². The van der Waals surface area contributed by atoms with Gasteiger partial charge in [0.15, 0.2) is 0 Å². The van der Waals surface area contributed by atoms with Crippen LogP contribution in [0.1, 0.15) is 52.4 Å². The molecule has 2 nitrogen and oxygen atoms in total. The summed E-state index contributed by atoms with van der Waals surface area (Å²) >= 11 is 5.93. The van der Waals surface area contributed by atoms with Crippen LogP contribution in [-0.4, -0.2) is 29.3 Å². The van der Waals surface area contributed by atoms with Gasteiger partial charge in [0.25, 0.3) is 0 Å². The molecule has 1 aliphatic heterocycles. The van der Waals surface area contributed by atoms with Crippen molar-refractivity contribution in [1.29, 1.82) is 0 Å². The van der Waals surface area contributed by atoms with Gasteiger partial charge in [-0.05, 0) is 45.4 Å². The van der Waals surface area contributed by atoms with Crippen LogP contribution in [0.3, 0.4) is 0 Å². The lowest BCUT2D eigenvalue weighted by atomic mass is 9.91. The van der Waals surface area contributed by atoms with Crippen molar-refractivity contribution >= 4 is 17.5 Å². The first-order valence-electron chi connectivity index (χ1n) is 6.93. The molecule has 0 spiro atoms. The summed E-state index contributed by atoms with van der Waals surface area (Å²) in [5.41, 5.74) is -0.400. The maximum absolute atomic E-state index is 12.5. The van der Waals surface area contributed by atoms with Crippen LogP contribution < -0.4 is 0 Å². The summed E-state index contributed by atoms with van der Waals surface area (Å²) in [6.07, 6.45) is 7.70. The van der Waals surface area contributed by atoms with Gasteiger partial charge in [0, 0.05) is 18.5 Å². The third-order valence-electron chi connectivity index (χ3n) is 4.42. The molecule has 3 heteroatoms. The van der Waals surface area contributed by atoms with Crippen LogP contribution in [0.4, 0.5) is 0 Å². The van der Waals surface area contributed by atoms with Crippen molar-refractivity contribution in [3.63, 3.8) is 0 Å². The zero-order valence-corrected chi connectivity index (χ0v) is 11.8. The molecule has 0 aromatic rings. The normalized spacial score (nSPS) is 26.8. The molecule has 1 saturated carbocycles. The van der Waals surface area contributed by atoms with Gasteiger partial charge in [-0.1, -0.05) is 12.8 Å². The zero-order valence-electron chi connectivity index (χ0n) is 11.0. The largest absolute Gasteiger partial charge is 0.339 e. The van der Waals surface area contributed by atoms with E-state index in [1.165, 1.54) is 38.5 Å². The van der Waals surface area contributed by atoms with Gasteiger partial charge in [0.1, 0.15) is 0 Å². The molecule has 2 aliphatic rings. The minimum atomic E-state index is -0.400. The fourth-order valence-corrected chi connectivity index (χ4v) is 3.44. The van der Waals surface area contributed by atoms with E-state index in [0.29, 0.717) is 11.9 Å². The van der Waals surface area contributed by atoms with E-state index in [-0.39, 0.29) is 5.91 Å². The number of carbonyl (C=O) groups excluding carboxylic acids is 1. The van der Waals surface area contributed by atoms with E-state index in [2.05, 4.69) is 4.90 Å². The fraction of sp³-hybridized carbons (Fsp3) is 0.929.